The summed E-state index contributed by atoms with van der Waals surface area (Å²) in [6.45, 7) is 1.94. The number of benzene rings is 1. The molecule has 1 aliphatic heterocycles. The van der Waals surface area contributed by atoms with E-state index in [-0.39, 0.29) is 11.9 Å². The summed E-state index contributed by atoms with van der Waals surface area (Å²) in [5.74, 6) is 0.409. The minimum atomic E-state index is -0.823. The summed E-state index contributed by atoms with van der Waals surface area (Å²) >= 11 is 0. The van der Waals surface area contributed by atoms with E-state index in [4.69, 9.17) is 5.73 Å². The molecule has 25 heavy (non-hydrogen) atoms. The van der Waals surface area contributed by atoms with Crippen LogP contribution < -0.4 is 5.73 Å². The van der Waals surface area contributed by atoms with E-state index in [1.807, 2.05) is 25.1 Å². The van der Waals surface area contributed by atoms with Crippen LogP contribution in [0, 0.1) is 0 Å². The molecule has 128 valence electrons. The van der Waals surface area contributed by atoms with Gasteiger partial charge in [0, 0.05) is 13.2 Å². The molecule has 1 saturated carbocycles. The van der Waals surface area contributed by atoms with E-state index in [1.165, 1.54) is 23.3 Å². The lowest BCUT2D eigenvalue weighted by atomic mass is 9.76. The minimum absolute atomic E-state index is 0.0557. The van der Waals surface area contributed by atoms with E-state index in [2.05, 4.69) is 34.2 Å². The molecule has 0 radical (unpaired) electrons. The third-order valence-corrected chi connectivity index (χ3v) is 5.33. The Balaban J connectivity index is 1.82. The molecule has 0 bridgehead atoms. The number of guanidine groups is 1. The van der Waals surface area contributed by atoms with Gasteiger partial charge in [0.2, 0.25) is 5.91 Å². The van der Waals surface area contributed by atoms with Crippen LogP contribution in [-0.2, 0) is 10.3 Å². The number of aliphatic imine (C=N–C) groups is 1. The summed E-state index contributed by atoms with van der Waals surface area (Å²) in [6, 6.07) is 14.1. The Hall–Kier alpha value is -2.69. The SMILES string of the molecule is CN1C(=O)C(c2ccc(C3CC3)cc2)C(C)(c2ccccn2)N=C1N. The summed E-state index contributed by atoms with van der Waals surface area (Å²) in [5.41, 5.74) is 8.24. The smallest absolute Gasteiger partial charge is 0.239 e. The van der Waals surface area contributed by atoms with Crippen LogP contribution in [0.1, 0.15) is 48.4 Å². The molecule has 1 fully saturated rings. The van der Waals surface area contributed by atoms with Crippen molar-refractivity contribution in [2.24, 2.45) is 10.7 Å². The van der Waals surface area contributed by atoms with E-state index < -0.39 is 11.5 Å². The van der Waals surface area contributed by atoms with Crippen molar-refractivity contribution in [2.45, 2.75) is 37.1 Å². The number of hydrogen-bond acceptors (Lipinski definition) is 4. The van der Waals surface area contributed by atoms with Gasteiger partial charge in [-0.1, -0.05) is 30.3 Å². The molecule has 5 nitrogen and oxygen atoms in total. The van der Waals surface area contributed by atoms with Crippen molar-refractivity contribution >= 4 is 11.9 Å². The number of nitrogens with zero attached hydrogens (tertiary/aromatic N) is 3. The molecule has 0 saturated heterocycles. The molecule has 2 unspecified atom stereocenters. The second-order valence-electron chi connectivity index (χ2n) is 7.10. The maximum absolute atomic E-state index is 13.1. The van der Waals surface area contributed by atoms with Gasteiger partial charge in [-0.3, -0.25) is 14.7 Å². The topological polar surface area (TPSA) is 71.6 Å². The molecular formula is C20H22N4O. The highest BCUT2D eigenvalue weighted by molar-refractivity contribution is 6.02. The first-order valence-electron chi connectivity index (χ1n) is 8.65. The number of carbonyl (C=O) groups excluding carboxylic acids is 1. The van der Waals surface area contributed by atoms with Crippen molar-refractivity contribution in [2.75, 3.05) is 7.05 Å². The Morgan fingerprint density at radius 2 is 1.80 bits per heavy atom. The van der Waals surface area contributed by atoms with Crippen molar-refractivity contribution in [3.8, 4) is 0 Å². The quantitative estimate of drug-likeness (QED) is 0.938. The molecular weight excluding hydrogens is 312 g/mol. The van der Waals surface area contributed by atoms with E-state index in [0.29, 0.717) is 5.92 Å². The third-order valence-electron chi connectivity index (χ3n) is 5.33. The van der Waals surface area contributed by atoms with Crippen LogP contribution in [0.4, 0.5) is 0 Å². The molecule has 0 spiro atoms. The first kappa shape index (κ1) is 15.8. The number of aromatic nitrogens is 1. The first-order chi connectivity index (χ1) is 12.0. The van der Waals surface area contributed by atoms with Crippen molar-refractivity contribution in [3.63, 3.8) is 0 Å². The number of amides is 1. The zero-order valence-corrected chi connectivity index (χ0v) is 14.5. The van der Waals surface area contributed by atoms with Gasteiger partial charge in [0.05, 0.1) is 11.6 Å². The van der Waals surface area contributed by atoms with Gasteiger partial charge in [0.25, 0.3) is 0 Å². The zero-order chi connectivity index (χ0) is 17.6. The van der Waals surface area contributed by atoms with Crippen LogP contribution in [-0.4, -0.2) is 28.8 Å². The van der Waals surface area contributed by atoms with Gasteiger partial charge >= 0.3 is 0 Å². The highest BCUT2D eigenvalue weighted by Crippen LogP contribution is 2.44. The van der Waals surface area contributed by atoms with Gasteiger partial charge in [0.1, 0.15) is 5.54 Å². The van der Waals surface area contributed by atoms with Gasteiger partial charge in [-0.05, 0) is 48.9 Å². The highest BCUT2D eigenvalue weighted by Gasteiger charge is 2.48. The first-order valence-corrected chi connectivity index (χ1v) is 8.65. The van der Waals surface area contributed by atoms with Crippen molar-refractivity contribution < 1.29 is 4.79 Å². The zero-order valence-electron chi connectivity index (χ0n) is 14.5. The van der Waals surface area contributed by atoms with Crippen LogP contribution in [0.15, 0.2) is 53.7 Å². The Morgan fingerprint density at radius 1 is 1.12 bits per heavy atom. The van der Waals surface area contributed by atoms with Crippen LogP contribution in [0.25, 0.3) is 0 Å². The number of carbonyl (C=O) groups is 1. The lowest BCUT2D eigenvalue weighted by molar-refractivity contribution is -0.130. The molecule has 1 aliphatic carbocycles. The minimum Gasteiger partial charge on any atom is -0.369 e. The third kappa shape index (κ3) is 2.60. The Labute approximate surface area is 147 Å². The monoisotopic (exact) mass is 334 g/mol. The molecule has 2 N–H and O–H groups in total. The molecule has 4 rings (SSSR count). The number of likely N-dealkylation sites (N-methyl/N-ethyl adjacent to an activating group) is 1. The Bertz CT molecular complexity index is 827. The maximum Gasteiger partial charge on any atom is 0.239 e. The fourth-order valence-corrected chi connectivity index (χ4v) is 3.64. The molecule has 1 aromatic carbocycles. The van der Waals surface area contributed by atoms with Crippen LogP contribution in [0.3, 0.4) is 0 Å². The van der Waals surface area contributed by atoms with E-state index >= 15 is 0 Å². The fraction of sp³-hybridized carbons (Fsp3) is 0.350. The van der Waals surface area contributed by atoms with Gasteiger partial charge in [-0.15, -0.1) is 0 Å². The average Bonchev–Trinajstić information content (AvgIpc) is 3.46. The predicted octanol–water partition coefficient (Wildman–Crippen LogP) is 2.74. The van der Waals surface area contributed by atoms with Gasteiger partial charge in [-0.2, -0.15) is 0 Å². The van der Waals surface area contributed by atoms with Gasteiger partial charge in [-0.25, -0.2) is 4.99 Å². The molecule has 5 heteroatoms. The number of nitrogens with two attached hydrogens (primary N) is 1. The molecule has 1 amide bonds. The summed E-state index contributed by atoms with van der Waals surface area (Å²) in [7, 11) is 1.67. The highest BCUT2D eigenvalue weighted by atomic mass is 16.2. The van der Waals surface area contributed by atoms with E-state index in [1.54, 1.807) is 13.2 Å². The lowest BCUT2D eigenvalue weighted by Gasteiger charge is -2.40. The number of pyridine rings is 1. The second kappa shape index (κ2) is 5.69. The van der Waals surface area contributed by atoms with Crippen molar-refractivity contribution in [3.05, 3.63) is 65.5 Å². The maximum atomic E-state index is 13.1. The van der Waals surface area contributed by atoms with Crippen molar-refractivity contribution in [1.29, 1.82) is 0 Å². The number of hydrogen-bond donors (Lipinski definition) is 1. The Kier molecular flexibility index (Phi) is 3.60. The lowest BCUT2D eigenvalue weighted by Crippen LogP contribution is -2.52. The van der Waals surface area contributed by atoms with E-state index in [9.17, 15) is 4.79 Å². The molecule has 2 atom stereocenters. The standard InChI is InChI=1S/C20H22N4O/c1-20(16-5-3-4-12-22-16)17(18(25)24(2)19(21)23-20)15-10-8-14(9-11-15)13-6-7-13/h3-5,8-13,17H,6-7H2,1-2H3,(H2,21,23). The summed E-state index contributed by atoms with van der Waals surface area (Å²) in [5, 5.41) is 0. The Morgan fingerprint density at radius 3 is 2.40 bits per heavy atom. The van der Waals surface area contributed by atoms with Crippen LogP contribution in [0.2, 0.25) is 0 Å². The van der Waals surface area contributed by atoms with Crippen molar-refractivity contribution in [1.82, 2.24) is 9.88 Å². The summed E-state index contributed by atoms with van der Waals surface area (Å²) in [4.78, 5) is 23.7. The molecule has 2 heterocycles. The molecule has 1 aromatic heterocycles. The predicted molar refractivity (Wildman–Crippen MR) is 97.1 cm³/mol. The summed E-state index contributed by atoms with van der Waals surface area (Å²) in [6.07, 6.45) is 4.25. The molecule has 2 aliphatic rings. The van der Waals surface area contributed by atoms with Crippen LogP contribution >= 0.6 is 0 Å². The normalized spacial score (nSPS) is 26.5. The van der Waals surface area contributed by atoms with Gasteiger partial charge < -0.3 is 5.73 Å². The second-order valence-corrected chi connectivity index (χ2v) is 7.10. The number of rotatable bonds is 3. The van der Waals surface area contributed by atoms with Crippen LogP contribution in [0.5, 0.6) is 0 Å². The van der Waals surface area contributed by atoms with E-state index in [0.717, 1.165) is 11.3 Å². The molecule has 2 aromatic rings. The average molecular weight is 334 g/mol. The fourth-order valence-electron chi connectivity index (χ4n) is 3.64. The largest absolute Gasteiger partial charge is 0.369 e. The van der Waals surface area contributed by atoms with Gasteiger partial charge in [0.15, 0.2) is 5.96 Å². The summed E-state index contributed by atoms with van der Waals surface area (Å²) < 4.78 is 0.